The number of carbonyl (C=O) groups is 1. The van der Waals surface area contributed by atoms with Gasteiger partial charge in [-0.3, -0.25) is 9.32 Å². The Labute approximate surface area is 87.5 Å². The fourth-order valence-electron chi connectivity index (χ4n) is 1.78. The van der Waals surface area contributed by atoms with Crippen LogP contribution in [0, 0.1) is 11.8 Å². The molecule has 3 N–H and O–H groups in total. The molecule has 88 valence electrons. The molecule has 0 aromatic carbocycles. The first-order valence-corrected chi connectivity index (χ1v) is 6.34. The van der Waals surface area contributed by atoms with E-state index in [4.69, 9.17) is 14.9 Å². The molecule has 0 radical (unpaired) electrons. The highest BCUT2D eigenvalue weighted by Gasteiger charge is 2.27. The molecular formula is C8H15O6P. The van der Waals surface area contributed by atoms with E-state index in [2.05, 4.69) is 4.52 Å². The summed E-state index contributed by atoms with van der Waals surface area (Å²) in [6.45, 7) is 0.0105. The monoisotopic (exact) mass is 238 g/mol. The SMILES string of the molecule is O=C(O)C1CCC(COP(=O)(O)O)CC1. The first-order valence-electron chi connectivity index (χ1n) is 4.81. The number of carboxylic acid groups (broad SMARTS) is 1. The van der Waals surface area contributed by atoms with E-state index in [0.717, 1.165) is 0 Å². The van der Waals surface area contributed by atoms with E-state index in [1.165, 1.54) is 0 Å². The van der Waals surface area contributed by atoms with Gasteiger partial charge in [0.25, 0.3) is 0 Å². The third-order valence-corrected chi connectivity index (χ3v) is 3.16. The lowest BCUT2D eigenvalue weighted by Gasteiger charge is -2.25. The van der Waals surface area contributed by atoms with Gasteiger partial charge in [0.2, 0.25) is 0 Å². The molecular weight excluding hydrogens is 223 g/mol. The second kappa shape index (κ2) is 5.07. The molecule has 1 saturated carbocycles. The Morgan fingerprint density at radius 2 is 1.80 bits per heavy atom. The van der Waals surface area contributed by atoms with Crippen LogP contribution in [0.5, 0.6) is 0 Å². The van der Waals surface area contributed by atoms with Crippen molar-refractivity contribution in [1.82, 2.24) is 0 Å². The smallest absolute Gasteiger partial charge is 0.469 e. The predicted molar refractivity (Wildman–Crippen MR) is 51.1 cm³/mol. The van der Waals surface area contributed by atoms with Gasteiger partial charge in [0, 0.05) is 0 Å². The van der Waals surface area contributed by atoms with Crippen LogP contribution < -0.4 is 0 Å². The molecule has 0 heterocycles. The third-order valence-electron chi connectivity index (χ3n) is 2.67. The minimum atomic E-state index is -4.38. The molecule has 1 aliphatic rings. The van der Waals surface area contributed by atoms with E-state index in [9.17, 15) is 9.36 Å². The molecule has 0 spiro atoms. The maximum absolute atomic E-state index is 10.6. The standard InChI is InChI=1S/C8H15O6P/c9-8(10)7-3-1-6(2-4-7)5-14-15(11,12)13/h6-7H,1-5H2,(H,9,10)(H2,11,12,13). The second-order valence-electron chi connectivity index (χ2n) is 3.84. The first kappa shape index (κ1) is 12.6. The molecule has 0 atom stereocenters. The lowest BCUT2D eigenvalue weighted by Crippen LogP contribution is -2.23. The summed E-state index contributed by atoms with van der Waals surface area (Å²) in [5, 5.41) is 8.73. The summed E-state index contributed by atoms with van der Waals surface area (Å²) in [5.74, 6) is -1.03. The van der Waals surface area contributed by atoms with Crippen LogP contribution in [-0.2, 0) is 13.9 Å². The quantitative estimate of drug-likeness (QED) is 0.631. The van der Waals surface area contributed by atoms with E-state index in [1.54, 1.807) is 0 Å². The van der Waals surface area contributed by atoms with Crippen molar-refractivity contribution in [2.45, 2.75) is 25.7 Å². The summed E-state index contributed by atoms with van der Waals surface area (Å²) in [5.41, 5.74) is 0. The maximum atomic E-state index is 10.6. The van der Waals surface area contributed by atoms with E-state index in [-0.39, 0.29) is 18.4 Å². The maximum Gasteiger partial charge on any atom is 0.469 e. The fourth-order valence-corrected chi connectivity index (χ4v) is 2.18. The van der Waals surface area contributed by atoms with Crippen LogP contribution in [0.2, 0.25) is 0 Å². The number of aliphatic carboxylic acids is 1. The molecule has 1 fully saturated rings. The largest absolute Gasteiger partial charge is 0.481 e. The molecule has 0 unspecified atom stereocenters. The lowest BCUT2D eigenvalue weighted by molar-refractivity contribution is -0.143. The van der Waals surface area contributed by atoms with Gasteiger partial charge in [-0.15, -0.1) is 0 Å². The summed E-state index contributed by atoms with van der Waals surface area (Å²) in [7, 11) is -4.38. The summed E-state index contributed by atoms with van der Waals surface area (Å²) in [4.78, 5) is 27.6. The van der Waals surface area contributed by atoms with Crippen molar-refractivity contribution in [3.8, 4) is 0 Å². The van der Waals surface area contributed by atoms with E-state index < -0.39 is 13.8 Å². The Kier molecular flexibility index (Phi) is 4.28. The number of hydrogen-bond donors (Lipinski definition) is 3. The molecule has 0 amide bonds. The van der Waals surface area contributed by atoms with Gasteiger partial charge in [-0.25, -0.2) is 4.57 Å². The number of carboxylic acids is 1. The Hall–Kier alpha value is -0.420. The zero-order valence-electron chi connectivity index (χ0n) is 8.20. The van der Waals surface area contributed by atoms with Crippen molar-refractivity contribution >= 4 is 13.8 Å². The fraction of sp³-hybridized carbons (Fsp3) is 0.875. The van der Waals surface area contributed by atoms with Crippen LogP contribution >= 0.6 is 7.82 Å². The van der Waals surface area contributed by atoms with E-state index in [0.29, 0.717) is 25.7 Å². The van der Waals surface area contributed by atoms with Gasteiger partial charge < -0.3 is 14.9 Å². The van der Waals surface area contributed by atoms with Crippen LogP contribution in [0.4, 0.5) is 0 Å². The number of rotatable bonds is 4. The summed E-state index contributed by atoms with van der Waals surface area (Å²) >= 11 is 0. The van der Waals surface area contributed by atoms with Crippen LogP contribution in [0.1, 0.15) is 25.7 Å². The van der Waals surface area contributed by atoms with Crippen molar-refractivity contribution in [3.05, 3.63) is 0 Å². The Morgan fingerprint density at radius 1 is 1.27 bits per heavy atom. The van der Waals surface area contributed by atoms with Gasteiger partial charge in [-0.1, -0.05) is 0 Å². The van der Waals surface area contributed by atoms with Gasteiger partial charge in [0.15, 0.2) is 0 Å². The zero-order chi connectivity index (χ0) is 11.5. The average Bonchev–Trinajstić information content (AvgIpc) is 2.14. The first-order chi connectivity index (χ1) is 6.88. The zero-order valence-corrected chi connectivity index (χ0v) is 9.10. The summed E-state index contributed by atoms with van der Waals surface area (Å²) in [6, 6.07) is 0. The van der Waals surface area contributed by atoms with Crippen molar-refractivity contribution in [2.75, 3.05) is 6.61 Å². The molecule has 0 bridgehead atoms. The normalized spacial score (nSPS) is 27.6. The molecule has 7 heteroatoms. The van der Waals surface area contributed by atoms with Crippen molar-refractivity contribution < 1.29 is 28.8 Å². The lowest BCUT2D eigenvalue weighted by atomic mass is 9.82. The molecule has 15 heavy (non-hydrogen) atoms. The van der Waals surface area contributed by atoms with Crippen molar-refractivity contribution in [2.24, 2.45) is 11.8 Å². The highest BCUT2D eigenvalue weighted by Crippen LogP contribution is 2.38. The molecule has 0 saturated heterocycles. The van der Waals surface area contributed by atoms with Crippen LogP contribution in [0.15, 0.2) is 0 Å². The van der Waals surface area contributed by atoms with E-state index >= 15 is 0 Å². The summed E-state index contributed by atoms with van der Waals surface area (Å²) in [6.07, 6.45) is 2.42. The Morgan fingerprint density at radius 3 is 2.20 bits per heavy atom. The van der Waals surface area contributed by atoms with Crippen LogP contribution in [0.3, 0.4) is 0 Å². The van der Waals surface area contributed by atoms with Gasteiger partial charge >= 0.3 is 13.8 Å². The highest BCUT2D eigenvalue weighted by molar-refractivity contribution is 7.46. The Balaban J connectivity index is 2.26. The van der Waals surface area contributed by atoms with Crippen LogP contribution in [-0.4, -0.2) is 27.5 Å². The Bertz CT molecular complexity index is 264. The minimum Gasteiger partial charge on any atom is -0.481 e. The molecule has 1 aliphatic carbocycles. The van der Waals surface area contributed by atoms with Crippen molar-refractivity contribution in [3.63, 3.8) is 0 Å². The average molecular weight is 238 g/mol. The minimum absolute atomic E-state index is 0.0105. The molecule has 0 aliphatic heterocycles. The third kappa shape index (κ3) is 4.75. The number of hydrogen-bond acceptors (Lipinski definition) is 3. The number of phosphoric ester groups is 1. The van der Waals surface area contributed by atoms with Gasteiger partial charge in [-0.05, 0) is 31.6 Å². The number of phosphoric acid groups is 1. The van der Waals surface area contributed by atoms with Crippen LogP contribution in [0.25, 0.3) is 0 Å². The van der Waals surface area contributed by atoms with Crippen molar-refractivity contribution in [1.29, 1.82) is 0 Å². The molecule has 0 aromatic heterocycles. The predicted octanol–water partition coefficient (Wildman–Crippen LogP) is 0.987. The molecule has 0 aromatic rings. The van der Waals surface area contributed by atoms with Gasteiger partial charge in [0.1, 0.15) is 0 Å². The van der Waals surface area contributed by atoms with Gasteiger partial charge in [-0.2, -0.15) is 0 Å². The second-order valence-corrected chi connectivity index (χ2v) is 5.08. The topological polar surface area (TPSA) is 104 Å². The highest BCUT2D eigenvalue weighted by atomic mass is 31.2. The van der Waals surface area contributed by atoms with E-state index in [1.807, 2.05) is 0 Å². The summed E-state index contributed by atoms with van der Waals surface area (Å²) < 4.78 is 14.8. The molecule has 1 rings (SSSR count). The molecule has 6 nitrogen and oxygen atoms in total. The van der Waals surface area contributed by atoms with Gasteiger partial charge in [0.05, 0.1) is 12.5 Å².